The zero-order valence-corrected chi connectivity index (χ0v) is 15.6. The second-order valence-corrected chi connectivity index (χ2v) is 6.90. The van der Waals surface area contributed by atoms with Crippen LogP contribution in [0.5, 0.6) is 5.75 Å². The molecule has 1 atom stereocenters. The van der Waals surface area contributed by atoms with Crippen LogP contribution >= 0.6 is 0 Å². The summed E-state index contributed by atoms with van der Waals surface area (Å²) in [5.74, 6) is 0.898. The van der Waals surface area contributed by atoms with E-state index in [-0.39, 0.29) is 30.3 Å². The molecule has 1 fully saturated rings. The summed E-state index contributed by atoms with van der Waals surface area (Å²) >= 11 is 0. The molecule has 2 aromatic carbocycles. The Morgan fingerprint density at radius 1 is 1.11 bits per heavy atom. The van der Waals surface area contributed by atoms with Crippen LogP contribution in [-0.4, -0.2) is 25.0 Å². The molecule has 3 rings (SSSR count). The van der Waals surface area contributed by atoms with E-state index in [1.807, 2.05) is 24.3 Å². The highest BCUT2D eigenvalue weighted by Crippen LogP contribution is 2.30. The Labute approximate surface area is 160 Å². The number of carbonyl (C=O) groups is 2. The van der Waals surface area contributed by atoms with E-state index < -0.39 is 0 Å². The Balaban J connectivity index is 1.45. The standard InChI is InChI=1S/C22H26N2O3/c1-2-16(17-7-4-3-5-8-17)14-23-21(25)15-27-20-10-6-9-19(13-20)24-22(26)18-11-12-18/h3-10,13,16,18H,2,11-12,14-15H2,1H3,(H,23,25)(H,24,26)/t16-/m0/s1. The van der Waals surface area contributed by atoms with Crippen molar-refractivity contribution in [2.75, 3.05) is 18.5 Å². The van der Waals surface area contributed by atoms with Crippen LogP contribution < -0.4 is 15.4 Å². The Hall–Kier alpha value is -2.82. The summed E-state index contributed by atoms with van der Waals surface area (Å²) in [6, 6.07) is 17.3. The summed E-state index contributed by atoms with van der Waals surface area (Å²) in [6.07, 6.45) is 2.88. The van der Waals surface area contributed by atoms with Gasteiger partial charge in [0.25, 0.3) is 5.91 Å². The lowest BCUT2D eigenvalue weighted by molar-refractivity contribution is -0.123. The summed E-state index contributed by atoms with van der Waals surface area (Å²) in [4.78, 5) is 24.0. The third kappa shape index (κ3) is 5.84. The van der Waals surface area contributed by atoms with Crippen LogP contribution in [0.2, 0.25) is 0 Å². The number of carbonyl (C=O) groups excluding carboxylic acids is 2. The number of hydrogen-bond donors (Lipinski definition) is 2. The molecule has 1 aliphatic carbocycles. The van der Waals surface area contributed by atoms with Gasteiger partial charge in [-0.3, -0.25) is 9.59 Å². The Morgan fingerprint density at radius 3 is 2.59 bits per heavy atom. The average molecular weight is 366 g/mol. The molecule has 2 amide bonds. The van der Waals surface area contributed by atoms with E-state index in [2.05, 4.69) is 29.7 Å². The van der Waals surface area contributed by atoms with Crippen molar-refractivity contribution in [3.05, 3.63) is 60.2 Å². The lowest BCUT2D eigenvalue weighted by Gasteiger charge is -2.16. The zero-order valence-electron chi connectivity index (χ0n) is 15.6. The van der Waals surface area contributed by atoms with Crippen molar-refractivity contribution in [1.29, 1.82) is 0 Å². The maximum atomic E-state index is 12.1. The first-order valence-electron chi connectivity index (χ1n) is 9.51. The van der Waals surface area contributed by atoms with Crippen molar-refractivity contribution in [1.82, 2.24) is 5.32 Å². The van der Waals surface area contributed by atoms with Crippen LogP contribution in [0.1, 0.15) is 37.7 Å². The van der Waals surface area contributed by atoms with Crippen molar-refractivity contribution in [2.45, 2.75) is 32.1 Å². The summed E-state index contributed by atoms with van der Waals surface area (Å²) < 4.78 is 5.57. The van der Waals surface area contributed by atoms with Gasteiger partial charge in [0, 0.05) is 30.1 Å². The Kier molecular flexibility index (Phi) is 6.47. The molecule has 142 valence electrons. The lowest BCUT2D eigenvalue weighted by Crippen LogP contribution is -2.32. The molecule has 0 aliphatic heterocycles. The minimum Gasteiger partial charge on any atom is -0.484 e. The van der Waals surface area contributed by atoms with Crippen LogP contribution in [0, 0.1) is 5.92 Å². The molecule has 5 heteroatoms. The smallest absolute Gasteiger partial charge is 0.257 e. The zero-order chi connectivity index (χ0) is 19.1. The quantitative estimate of drug-likeness (QED) is 0.711. The Morgan fingerprint density at radius 2 is 1.89 bits per heavy atom. The molecular formula is C22H26N2O3. The molecule has 0 heterocycles. The van der Waals surface area contributed by atoms with Crippen molar-refractivity contribution >= 4 is 17.5 Å². The van der Waals surface area contributed by atoms with Gasteiger partial charge in [0.05, 0.1) is 0 Å². The fourth-order valence-electron chi connectivity index (χ4n) is 2.91. The molecule has 0 aromatic heterocycles. The molecule has 2 N–H and O–H groups in total. The van der Waals surface area contributed by atoms with Crippen LogP contribution in [-0.2, 0) is 9.59 Å². The number of rotatable bonds is 9. The van der Waals surface area contributed by atoms with Crippen LogP contribution in [0.25, 0.3) is 0 Å². The number of amides is 2. The average Bonchev–Trinajstić information content (AvgIpc) is 3.53. The van der Waals surface area contributed by atoms with E-state index in [4.69, 9.17) is 4.74 Å². The Bertz CT molecular complexity index is 772. The number of ether oxygens (including phenoxy) is 1. The van der Waals surface area contributed by atoms with Crippen LogP contribution in [0.15, 0.2) is 54.6 Å². The highest BCUT2D eigenvalue weighted by Gasteiger charge is 2.29. The number of anilines is 1. The first-order valence-corrected chi connectivity index (χ1v) is 9.51. The van der Waals surface area contributed by atoms with Gasteiger partial charge in [-0.15, -0.1) is 0 Å². The second-order valence-electron chi connectivity index (χ2n) is 6.90. The molecule has 27 heavy (non-hydrogen) atoms. The first-order chi connectivity index (χ1) is 13.2. The predicted molar refractivity (Wildman–Crippen MR) is 106 cm³/mol. The van der Waals surface area contributed by atoms with Gasteiger partial charge in [-0.25, -0.2) is 0 Å². The maximum Gasteiger partial charge on any atom is 0.257 e. The molecule has 2 aromatic rings. The third-order valence-corrected chi connectivity index (χ3v) is 4.73. The molecule has 0 bridgehead atoms. The molecule has 0 spiro atoms. The summed E-state index contributed by atoms with van der Waals surface area (Å²) in [6.45, 7) is 2.65. The van der Waals surface area contributed by atoms with Gasteiger partial charge in [-0.2, -0.15) is 0 Å². The largest absolute Gasteiger partial charge is 0.484 e. The number of hydrogen-bond acceptors (Lipinski definition) is 3. The molecule has 5 nitrogen and oxygen atoms in total. The van der Waals surface area contributed by atoms with E-state index in [9.17, 15) is 9.59 Å². The normalized spacial score (nSPS) is 14.3. The monoisotopic (exact) mass is 366 g/mol. The van der Waals surface area contributed by atoms with E-state index in [0.29, 0.717) is 18.0 Å². The number of benzene rings is 2. The van der Waals surface area contributed by atoms with Gasteiger partial charge in [0.1, 0.15) is 5.75 Å². The van der Waals surface area contributed by atoms with Crippen molar-refractivity contribution < 1.29 is 14.3 Å². The van der Waals surface area contributed by atoms with Gasteiger partial charge in [-0.1, -0.05) is 43.3 Å². The first kappa shape index (κ1) is 19.0. The van der Waals surface area contributed by atoms with Crippen molar-refractivity contribution in [3.63, 3.8) is 0 Å². The highest BCUT2D eigenvalue weighted by atomic mass is 16.5. The van der Waals surface area contributed by atoms with Gasteiger partial charge in [-0.05, 0) is 37.0 Å². The van der Waals surface area contributed by atoms with E-state index in [1.165, 1.54) is 5.56 Å². The molecule has 1 saturated carbocycles. The minimum absolute atomic E-state index is 0.0503. The molecule has 0 radical (unpaired) electrons. The van der Waals surface area contributed by atoms with E-state index in [0.717, 1.165) is 19.3 Å². The summed E-state index contributed by atoms with van der Waals surface area (Å²) in [5, 5.41) is 5.82. The molecule has 1 aliphatic rings. The van der Waals surface area contributed by atoms with Crippen LogP contribution in [0.4, 0.5) is 5.69 Å². The minimum atomic E-state index is -0.156. The van der Waals surface area contributed by atoms with E-state index in [1.54, 1.807) is 18.2 Å². The van der Waals surface area contributed by atoms with Crippen LogP contribution in [0.3, 0.4) is 0 Å². The maximum absolute atomic E-state index is 12.1. The second kappa shape index (κ2) is 9.21. The molecule has 0 unspecified atom stereocenters. The molecular weight excluding hydrogens is 340 g/mol. The van der Waals surface area contributed by atoms with Gasteiger partial charge < -0.3 is 15.4 Å². The fourth-order valence-corrected chi connectivity index (χ4v) is 2.91. The van der Waals surface area contributed by atoms with Gasteiger partial charge in [0.2, 0.25) is 5.91 Å². The fraction of sp³-hybridized carbons (Fsp3) is 0.364. The topological polar surface area (TPSA) is 67.4 Å². The van der Waals surface area contributed by atoms with Gasteiger partial charge >= 0.3 is 0 Å². The molecule has 0 saturated heterocycles. The van der Waals surface area contributed by atoms with Crippen molar-refractivity contribution in [3.8, 4) is 5.75 Å². The number of nitrogens with one attached hydrogen (secondary N) is 2. The highest BCUT2D eigenvalue weighted by molar-refractivity contribution is 5.94. The van der Waals surface area contributed by atoms with Gasteiger partial charge in [0.15, 0.2) is 6.61 Å². The predicted octanol–water partition coefficient (Wildman–Crippen LogP) is 3.72. The van der Waals surface area contributed by atoms with Crippen molar-refractivity contribution in [2.24, 2.45) is 5.92 Å². The third-order valence-electron chi connectivity index (χ3n) is 4.73. The summed E-state index contributed by atoms with van der Waals surface area (Å²) in [7, 11) is 0. The SMILES string of the molecule is CC[C@@H](CNC(=O)COc1cccc(NC(=O)C2CC2)c1)c1ccccc1. The van der Waals surface area contributed by atoms with E-state index >= 15 is 0 Å². The summed E-state index contributed by atoms with van der Waals surface area (Å²) in [5.41, 5.74) is 1.92. The lowest BCUT2D eigenvalue weighted by atomic mass is 9.96.